The van der Waals surface area contributed by atoms with Gasteiger partial charge in [-0.05, 0) is 85.3 Å². The fraction of sp³-hybridized carbons (Fsp3) is 0.192. The highest BCUT2D eigenvalue weighted by atomic mass is 19.4. The van der Waals surface area contributed by atoms with Crippen LogP contribution in [0.3, 0.4) is 0 Å². The van der Waals surface area contributed by atoms with Crippen LogP contribution in [0.1, 0.15) is 115 Å². The summed E-state index contributed by atoms with van der Waals surface area (Å²) < 4.78 is 82.7. The van der Waals surface area contributed by atoms with E-state index >= 15 is 0 Å². The number of aromatic nitrogens is 6. The van der Waals surface area contributed by atoms with Crippen LogP contribution in [-0.4, -0.2) is 70.8 Å². The van der Waals surface area contributed by atoms with Gasteiger partial charge in [-0.3, -0.25) is 28.8 Å². The van der Waals surface area contributed by atoms with E-state index in [-0.39, 0.29) is 77.4 Å². The average molecular weight is 1030 g/mol. The van der Waals surface area contributed by atoms with Crippen molar-refractivity contribution in [2.45, 2.75) is 66.4 Å². The summed E-state index contributed by atoms with van der Waals surface area (Å²) in [5.41, 5.74) is 4.60. The Morgan fingerprint density at radius 2 is 0.920 bits per heavy atom. The summed E-state index contributed by atoms with van der Waals surface area (Å²) in [6.45, 7) is 6.65. The summed E-state index contributed by atoms with van der Waals surface area (Å²) in [5.74, 6) is -2.84. The first-order valence-corrected chi connectivity index (χ1v) is 22.6. The molecule has 0 radical (unpaired) electrons. The molecule has 23 heteroatoms. The van der Waals surface area contributed by atoms with Gasteiger partial charge in [-0.25, -0.2) is 19.0 Å². The van der Waals surface area contributed by atoms with E-state index in [4.69, 9.17) is 0 Å². The Morgan fingerprint density at radius 1 is 0.507 bits per heavy atom. The highest BCUT2D eigenvalue weighted by molar-refractivity contribution is 6.00. The molecule has 386 valence electrons. The van der Waals surface area contributed by atoms with Crippen LogP contribution in [0, 0.1) is 13.8 Å². The average Bonchev–Trinajstić information content (AvgIpc) is 4.05. The number of amides is 4. The van der Waals surface area contributed by atoms with Gasteiger partial charge in [0.05, 0.1) is 18.0 Å². The molecule has 8 aromatic rings. The van der Waals surface area contributed by atoms with Crippen molar-refractivity contribution in [1.82, 2.24) is 50.5 Å². The van der Waals surface area contributed by atoms with E-state index in [9.17, 15) is 55.1 Å². The van der Waals surface area contributed by atoms with Crippen molar-refractivity contribution in [2.75, 3.05) is 0 Å². The number of nitrogens with zero attached hydrogens (tertiary/aromatic N) is 6. The quantitative estimate of drug-likeness (QED) is 0.0567. The van der Waals surface area contributed by atoms with Gasteiger partial charge in [0.15, 0.2) is 22.9 Å². The lowest BCUT2D eigenvalue weighted by molar-refractivity contribution is -0.274. The van der Waals surface area contributed by atoms with Crippen molar-refractivity contribution in [3.63, 3.8) is 0 Å². The molecule has 0 aliphatic rings. The fourth-order valence-corrected chi connectivity index (χ4v) is 7.65. The van der Waals surface area contributed by atoms with Crippen LogP contribution in [0.25, 0.3) is 11.3 Å². The number of rotatable bonds is 15. The van der Waals surface area contributed by atoms with Crippen LogP contribution in [0.15, 0.2) is 122 Å². The largest absolute Gasteiger partial charge is 0.573 e. The molecule has 0 fully saturated rings. The summed E-state index contributed by atoms with van der Waals surface area (Å²) in [6.07, 6.45) is -6.48. The first-order valence-electron chi connectivity index (χ1n) is 22.6. The lowest BCUT2D eigenvalue weighted by Crippen LogP contribution is -2.28. The van der Waals surface area contributed by atoms with E-state index in [2.05, 4.69) is 46.2 Å². The number of ether oxygens (including phenoxy) is 1. The Hall–Kier alpha value is -9.28. The lowest BCUT2D eigenvalue weighted by atomic mass is 10.0. The molecule has 4 aromatic carbocycles. The second kappa shape index (κ2) is 22.6. The molecule has 8 rings (SSSR count). The third-order valence-electron chi connectivity index (χ3n) is 11.2. The van der Waals surface area contributed by atoms with E-state index in [1.165, 1.54) is 83.8 Å². The molecule has 17 nitrogen and oxygen atoms in total. The van der Waals surface area contributed by atoms with E-state index in [1.807, 2.05) is 13.8 Å². The van der Waals surface area contributed by atoms with Gasteiger partial charge in [0.2, 0.25) is 0 Å². The van der Waals surface area contributed by atoms with Crippen molar-refractivity contribution >= 4 is 46.5 Å². The van der Waals surface area contributed by atoms with Gasteiger partial charge in [0.1, 0.15) is 28.5 Å². The van der Waals surface area contributed by atoms with Crippen molar-refractivity contribution in [1.29, 1.82) is 0 Å². The molecule has 4 heterocycles. The molecule has 4 amide bonds. The number of ketones is 2. The molecular weight excluding hydrogens is 991 g/mol. The number of hydrogen-bond donors (Lipinski definition) is 4. The number of alkyl halides is 6. The number of carbonyl (C=O) groups is 6. The van der Waals surface area contributed by atoms with Crippen molar-refractivity contribution in [2.24, 2.45) is 0 Å². The zero-order chi connectivity index (χ0) is 54.2. The molecule has 0 saturated heterocycles. The molecule has 75 heavy (non-hydrogen) atoms. The van der Waals surface area contributed by atoms with Gasteiger partial charge in [-0.15, -0.1) is 13.2 Å². The standard InChI is InChI=1S/C26H22F3N5O4.C26H22F3N5O3/c1-15-10-18(6-7-20(15)16(2)35)14-31-25(37)22-12-21(33-23-8-9-32-34(22)23)24(36)30-13-17-4-3-5-19(11-17)38-26(27,28)29;1-15-10-18(6-7-20(15)16(2)35)14-31-25(37)22-12-21(33-23-8-9-32-34(22)23)24(36)30-13-17-4-3-5-19(11-17)26(27,28)29/h3-12H,13-14H2,1-2H3,(H,30,36)(H,31,37);3-12H,13-14H2,1-2H3,(H,30,36)(H,31,37). The summed E-state index contributed by atoms with van der Waals surface area (Å²) in [6, 6.07) is 25.9. The first-order chi connectivity index (χ1) is 35.5. The number of benzene rings is 4. The highest BCUT2D eigenvalue weighted by Gasteiger charge is 2.32. The van der Waals surface area contributed by atoms with Crippen LogP contribution < -0.4 is 26.0 Å². The maximum absolute atomic E-state index is 13.0. The van der Waals surface area contributed by atoms with Crippen molar-refractivity contribution in [3.05, 3.63) is 194 Å². The number of halogens is 6. The fourth-order valence-electron chi connectivity index (χ4n) is 7.65. The molecule has 0 saturated carbocycles. The smallest absolute Gasteiger partial charge is 0.406 e. The first kappa shape index (κ1) is 53.5. The number of nitrogens with one attached hydrogen (secondary N) is 4. The van der Waals surface area contributed by atoms with Crippen LogP contribution in [0.2, 0.25) is 0 Å². The second-order valence-electron chi connectivity index (χ2n) is 16.8. The number of hydrogen-bond acceptors (Lipinski definition) is 11. The molecular formula is C52H44F6N10O7. The van der Waals surface area contributed by atoms with Gasteiger partial charge >= 0.3 is 12.5 Å². The number of fused-ring (bicyclic) bond motifs is 2. The molecule has 0 aliphatic heterocycles. The summed E-state index contributed by atoms with van der Waals surface area (Å²) in [5, 5.41) is 18.8. The molecule has 0 spiro atoms. The topological polar surface area (TPSA) is 220 Å². The third-order valence-corrected chi connectivity index (χ3v) is 11.2. The van der Waals surface area contributed by atoms with Gasteiger partial charge < -0.3 is 26.0 Å². The molecule has 0 aliphatic carbocycles. The minimum Gasteiger partial charge on any atom is -0.406 e. The Morgan fingerprint density at radius 3 is 1.33 bits per heavy atom. The summed E-state index contributed by atoms with van der Waals surface area (Å²) in [7, 11) is 0. The van der Waals surface area contributed by atoms with Crippen LogP contribution in [-0.2, 0) is 32.4 Å². The number of carbonyl (C=O) groups excluding carboxylic acids is 6. The van der Waals surface area contributed by atoms with Crippen LogP contribution >= 0.6 is 0 Å². The van der Waals surface area contributed by atoms with Crippen LogP contribution in [0.5, 0.6) is 5.75 Å². The summed E-state index contributed by atoms with van der Waals surface area (Å²) >= 11 is 0. The number of Topliss-reactive ketones (excluding diaryl/α,β-unsaturated/α-hetero) is 2. The monoisotopic (exact) mass is 1030 g/mol. The van der Waals surface area contributed by atoms with E-state index in [0.717, 1.165) is 46.5 Å². The molecule has 4 aromatic heterocycles. The SMILES string of the molecule is CC(=O)c1ccc(CNC(=O)c2cc(C(=O)NCc3cccc(C(F)(F)F)c3)nc3ccnn23)cc1C.CC(=O)c1ccc(CNC(=O)c2cc(C(=O)NCc3cccc(OC(F)(F)F)c3)nc3ccnn23)cc1C. The van der Waals surface area contributed by atoms with Gasteiger partial charge in [-0.2, -0.15) is 23.4 Å². The lowest BCUT2D eigenvalue weighted by Gasteiger charge is -2.12. The van der Waals surface area contributed by atoms with Gasteiger partial charge in [0, 0.05) is 61.6 Å². The molecule has 0 bridgehead atoms. The minimum absolute atomic E-state index is 0.0511. The molecule has 0 atom stereocenters. The van der Waals surface area contributed by atoms with Gasteiger partial charge in [-0.1, -0.05) is 60.7 Å². The Balaban J connectivity index is 0.000000219. The summed E-state index contributed by atoms with van der Waals surface area (Å²) in [4.78, 5) is 83.2. The van der Waals surface area contributed by atoms with E-state index in [0.29, 0.717) is 16.7 Å². The maximum Gasteiger partial charge on any atom is 0.573 e. The maximum atomic E-state index is 13.0. The molecule has 0 unspecified atom stereocenters. The second-order valence-corrected chi connectivity index (χ2v) is 16.8. The van der Waals surface area contributed by atoms with Crippen molar-refractivity contribution in [3.8, 4) is 5.75 Å². The van der Waals surface area contributed by atoms with E-state index < -0.39 is 47.5 Å². The zero-order valence-corrected chi connectivity index (χ0v) is 40.2. The Kier molecular flexibility index (Phi) is 16.2. The van der Waals surface area contributed by atoms with Crippen LogP contribution in [0.4, 0.5) is 26.3 Å². The van der Waals surface area contributed by atoms with Gasteiger partial charge in [0.25, 0.3) is 23.6 Å². The normalized spacial score (nSPS) is 11.3. The van der Waals surface area contributed by atoms with E-state index in [1.54, 1.807) is 36.4 Å². The molecule has 4 N–H and O–H groups in total. The predicted molar refractivity (Wildman–Crippen MR) is 258 cm³/mol. The van der Waals surface area contributed by atoms with Crippen molar-refractivity contribution < 1.29 is 59.8 Å². The Bertz CT molecular complexity index is 3500. The minimum atomic E-state index is -4.83. The highest BCUT2D eigenvalue weighted by Crippen LogP contribution is 2.30. The Labute approximate surface area is 422 Å². The number of aryl methyl sites for hydroxylation is 2. The zero-order valence-electron chi connectivity index (χ0n) is 40.2. The predicted octanol–water partition coefficient (Wildman–Crippen LogP) is 8.12. The third kappa shape index (κ3) is 13.8.